The van der Waals surface area contributed by atoms with Crippen molar-refractivity contribution in [1.29, 1.82) is 0 Å². The third-order valence-corrected chi connectivity index (χ3v) is 3.36. The zero-order chi connectivity index (χ0) is 11.7. The molecule has 82 valence electrons. The van der Waals surface area contributed by atoms with Gasteiger partial charge in [0.1, 0.15) is 4.88 Å². The number of hydrogen-bond donors (Lipinski definition) is 1. The first kappa shape index (κ1) is 10.8. The predicted molar refractivity (Wildman–Crippen MR) is 64.0 cm³/mol. The highest BCUT2D eigenvalue weighted by Crippen LogP contribution is 2.26. The number of carbonyl (C=O) groups is 1. The highest BCUT2D eigenvalue weighted by Gasteiger charge is 2.15. The second-order valence-electron chi connectivity index (χ2n) is 3.63. The van der Waals surface area contributed by atoms with Crippen LogP contribution in [0.1, 0.15) is 20.8 Å². The Morgan fingerprint density at radius 2 is 2.06 bits per heavy atom. The molecule has 0 aliphatic heterocycles. The van der Waals surface area contributed by atoms with Gasteiger partial charge in [-0.05, 0) is 31.0 Å². The second kappa shape index (κ2) is 4.06. The van der Waals surface area contributed by atoms with Crippen LogP contribution in [0.2, 0.25) is 0 Å². The number of benzene rings is 1. The van der Waals surface area contributed by atoms with E-state index in [-0.39, 0.29) is 0 Å². The first-order chi connectivity index (χ1) is 7.59. The van der Waals surface area contributed by atoms with Crippen LogP contribution in [0.3, 0.4) is 0 Å². The zero-order valence-corrected chi connectivity index (χ0v) is 9.84. The van der Waals surface area contributed by atoms with E-state index in [0.29, 0.717) is 10.6 Å². The van der Waals surface area contributed by atoms with E-state index in [0.717, 1.165) is 22.5 Å². The molecule has 16 heavy (non-hydrogen) atoms. The van der Waals surface area contributed by atoms with Crippen molar-refractivity contribution in [1.82, 2.24) is 4.98 Å². The lowest BCUT2D eigenvalue weighted by Crippen LogP contribution is -1.95. The predicted octanol–water partition coefficient (Wildman–Crippen LogP) is 3.13. The van der Waals surface area contributed by atoms with Gasteiger partial charge in [-0.3, -0.25) is 0 Å². The summed E-state index contributed by atoms with van der Waals surface area (Å²) in [4.78, 5) is 15.4. The van der Waals surface area contributed by atoms with Crippen molar-refractivity contribution >= 4 is 17.3 Å². The maximum atomic E-state index is 11.0. The van der Waals surface area contributed by atoms with E-state index < -0.39 is 5.97 Å². The van der Waals surface area contributed by atoms with Crippen molar-refractivity contribution < 1.29 is 9.90 Å². The maximum Gasteiger partial charge on any atom is 0.348 e. The monoisotopic (exact) mass is 233 g/mol. The Balaban J connectivity index is 2.54. The van der Waals surface area contributed by atoms with Crippen molar-refractivity contribution in [2.75, 3.05) is 0 Å². The van der Waals surface area contributed by atoms with Crippen molar-refractivity contribution in [3.63, 3.8) is 0 Å². The van der Waals surface area contributed by atoms with E-state index in [1.807, 2.05) is 32.0 Å². The number of thiazole rings is 1. The van der Waals surface area contributed by atoms with Gasteiger partial charge in [-0.15, -0.1) is 11.3 Å². The Kier molecular flexibility index (Phi) is 2.75. The third kappa shape index (κ3) is 1.84. The number of nitrogens with zero attached hydrogens (tertiary/aromatic N) is 1. The fourth-order valence-electron chi connectivity index (χ4n) is 1.49. The third-order valence-electron chi connectivity index (χ3n) is 2.54. The van der Waals surface area contributed by atoms with Gasteiger partial charge >= 0.3 is 5.97 Å². The molecule has 0 amide bonds. The summed E-state index contributed by atoms with van der Waals surface area (Å²) in [5.74, 6) is -0.921. The molecule has 1 aromatic carbocycles. The van der Waals surface area contributed by atoms with E-state index in [1.165, 1.54) is 5.56 Å². The summed E-state index contributed by atoms with van der Waals surface area (Å²) in [6, 6.07) is 5.86. The number of aromatic carboxylic acids is 1. The topological polar surface area (TPSA) is 50.2 Å². The molecule has 0 radical (unpaired) electrons. The zero-order valence-electron chi connectivity index (χ0n) is 9.02. The van der Waals surface area contributed by atoms with Crippen molar-refractivity contribution in [2.24, 2.45) is 0 Å². The quantitative estimate of drug-likeness (QED) is 0.867. The Hall–Kier alpha value is -1.68. The van der Waals surface area contributed by atoms with Gasteiger partial charge in [-0.2, -0.15) is 0 Å². The fourth-order valence-corrected chi connectivity index (χ4v) is 2.14. The molecule has 2 rings (SSSR count). The van der Waals surface area contributed by atoms with Crippen LogP contribution in [-0.4, -0.2) is 16.1 Å². The van der Waals surface area contributed by atoms with E-state index in [9.17, 15) is 4.79 Å². The molecule has 0 atom stereocenters. The SMILES string of the molecule is Cc1ccc(-c2ncsc2C(=O)O)cc1C. The molecule has 0 spiro atoms. The van der Waals surface area contributed by atoms with Gasteiger partial charge in [-0.1, -0.05) is 12.1 Å². The standard InChI is InChI=1S/C12H11NO2S/c1-7-3-4-9(5-8(7)2)10-11(12(14)15)16-6-13-10/h3-6H,1-2H3,(H,14,15). The van der Waals surface area contributed by atoms with Gasteiger partial charge < -0.3 is 5.11 Å². The minimum Gasteiger partial charge on any atom is -0.477 e. The molecule has 3 nitrogen and oxygen atoms in total. The maximum absolute atomic E-state index is 11.0. The number of aromatic nitrogens is 1. The summed E-state index contributed by atoms with van der Waals surface area (Å²) >= 11 is 1.15. The minimum absolute atomic E-state index is 0.295. The molecule has 2 aromatic rings. The molecule has 0 aliphatic rings. The number of carboxylic acids is 1. The molecular weight excluding hydrogens is 222 g/mol. The largest absolute Gasteiger partial charge is 0.477 e. The Bertz CT molecular complexity index is 546. The lowest BCUT2D eigenvalue weighted by molar-refractivity contribution is 0.0702. The average molecular weight is 233 g/mol. The summed E-state index contributed by atoms with van der Waals surface area (Å²) in [7, 11) is 0. The van der Waals surface area contributed by atoms with Gasteiger partial charge in [0.25, 0.3) is 0 Å². The van der Waals surface area contributed by atoms with Crippen molar-refractivity contribution in [3.05, 3.63) is 39.7 Å². The molecule has 4 heteroatoms. The Labute approximate surface area is 97.4 Å². The van der Waals surface area contributed by atoms with Gasteiger partial charge in [0.15, 0.2) is 0 Å². The van der Waals surface area contributed by atoms with Crippen LogP contribution in [0, 0.1) is 13.8 Å². The summed E-state index contributed by atoms with van der Waals surface area (Å²) in [6.07, 6.45) is 0. The van der Waals surface area contributed by atoms with Gasteiger partial charge in [-0.25, -0.2) is 9.78 Å². The van der Waals surface area contributed by atoms with Gasteiger partial charge in [0, 0.05) is 5.56 Å². The van der Waals surface area contributed by atoms with Crippen molar-refractivity contribution in [3.8, 4) is 11.3 Å². The fraction of sp³-hybridized carbons (Fsp3) is 0.167. The van der Waals surface area contributed by atoms with Crippen LogP contribution in [0.4, 0.5) is 0 Å². The van der Waals surface area contributed by atoms with E-state index in [2.05, 4.69) is 4.98 Å². The smallest absolute Gasteiger partial charge is 0.348 e. The molecule has 0 unspecified atom stereocenters. The van der Waals surface area contributed by atoms with E-state index >= 15 is 0 Å². The van der Waals surface area contributed by atoms with Crippen LogP contribution in [0.25, 0.3) is 11.3 Å². The first-order valence-corrected chi connectivity index (χ1v) is 5.72. The lowest BCUT2D eigenvalue weighted by Gasteiger charge is -2.03. The second-order valence-corrected chi connectivity index (χ2v) is 4.49. The molecule has 1 N–H and O–H groups in total. The molecule has 0 saturated carbocycles. The number of rotatable bonds is 2. The molecular formula is C12H11NO2S. The van der Waals surface area contributed by atoms with Crippen LogP contribution in [-0.2, 0) is 0 Å². The molecule has 0 saturated heterocycles. The average Bonchev–Trinajstić information content (AvgIpc) is 2.71. The summed E-state index contributed by atoms with van der Waals surface area (Å²) in [5, 5.41) is 9.01. The van der Waals surface area contributed by atoms with Crippen molar-refractivity contribution in [2.45, 2.75) is 13.8 Å². The van der Waals surface area contributed by atoms with E-state index in [4.69, 9.17) is 5.11 Å². The summed E-state index contributed by atoms with van der Waals surface area (Å²) in [5.41, 5.74) is 5.31. The first-order valence-electron chi connectivity index (χ1n) is 4.84. The minimum atomic E-state index is -0.921. The molecule has 1 aromatic heterocycles. The summed E-state index contributed by atoms with van der Waals surface area (Å²) in [6.45, 7) is 4.03. The van der Waals surface area contributed by atoms with Gasteiger partial charge in [0.2, 0.25) is 0 Å². The van der Waals surface area contributed by atoms with Crippen LogP contribution < -0.4 is 0 Å². The highest BCUT2D eigenvalue weighted by atomic mass is 32.1. The number of carboxylic acid groups (broad SMARTS) is 1. The lowest BCUT2D eigenvalue weighted by atomic mass is 10.0. The van der Waals surface area contributed by atoms with Crippen LogP contribution in [0.15, 0.2) is 23.7 Å². The number of hydrogen-bond acceptors (Lipinski definition) is 3. The highest BCUT2D eigenvalue weighted by molar-refractivity contribution is 7.12. The molecule has 0 bridgehead atoms. The molecule has 0 fully saturated rings. The normalized spacial score (nSPS) is 10.4. The van der Waals surface area contributed by atoms with Gasteiger partial charge in [0.05, 0.1) is 11.2 Å². The Morgan fingerprint density at radius 3 is 2.69 bits per heavy atom. The Morgan fingerprint density at radius 1 is 1.31 bits per heavy atom. The van der Waals surface area contributed by atoms with Crippen LogP contribution >= 0.6 is 11.3 Å². The van der Waals surface area contributed by atoms with E-state index in [1.54, 1.807) is 5.51 Å². The van der Waals surface area contributed by atoms with Crippen LogP contribution in [0.5, 0.6) is 0 Å². The number of aryl methyl sites for hydroxylation is 2. The summed E-state index contributed by atoms with van der Waals surface area (Å²) < 4.78 is 0. The molecule has 1 heterocycles. The molecule has 0 aliphatic carbocycles.